The number of amides is 1. The van der Waals surface area contributed by atoms with Gasteiger partial charge in [0.15, 0.2) is 0 Å². The Morgan fingerprint density at radius 3 is 2.50 bits per heavy atom. The number of hydrogen-bond acceptors (Lipinski definition) is 2. The predicted molar refractivity (Wildman–Crippen MR) is 58.0 cm³/mol. The fourth-order valence-corrected chi connectivity index (χ4v) is 1.76. The van der Waals surface area contributed by atoms with Crippen LogP contribution in [-0.4, -0.2) is 25.0 Å². The SMILES string of the molecule is CCC(NC(=O)CC1CNC1)C(C)C. The van der Waals surface area contributed by atoms with Gasteiger partial charge in [-0.05, 0) is 31.3 Å². The third kappa shape index (κ3) is 3.29. The summed E-state index contributed by atoms with van der Waals surface area (Å²) < 4.78 is 0. The third-order valence-corrected chi connectivity index (χ3v) is 2.93. The summed E-state index contributed by atoms with van der Waals surface area (Å²) in [5.41, 5.74) is 0. The van der Waals surface area contributed by atoms with Gasteiger partial charge in [-0.15, -0.1) is 0 Å². The zero-order valence-corrected chi connectivity index (χ0v) is 9.47. The molecule has 0 aromatic heterocycles. The summed E-state index contributed by atoms with van der Waals surface area (Å²) in [6, 6.07) is 0.343. The zero-order chi connectivity index (χ0) is 10.6. The highest BCUT2D eigenvalue weighted by Gasteiger charge is 2.21. The van der Waals surface area contributed by atoms with Crippen LogP contribution in [0.2, 0.25) is 0 Å². The number of nitrogens with one attached hydrogen (secondary N) is 2. The molecule has 82 valence electrons. The molecule has 3 nitrogen and oxygen atoms in total. The van der Waals surface area contributed by atoms with Crippen LogP contribution in [0.4, 0.5) is 0 Å². The number of carbonyl (C=O) groups excluding carboxylic acids is 1. The molecular weight excluding hydrogens is 176 g/mol. The van der Waals surface area contributed by atoms with Crippen molar-refractivity contribution in [3.63, 3.8) is 0 Å². The van der Waals surface area contributed by atoms with E-state index in [0.717, 1.165) is 19.5 Å². The van der Waals surface area contributed by atoms with Crippen molar-refractivity contribution in [3.05, 3.63) is 0 Å². The molecule has 1 amide bonds. The third-order valence-electron chi connectivity index (χ3n) is 2.93. The van der Waals surface area contributed by atoms with Crippen molar-refractivity contribution in [1.29, 1.82) is 0 Å². The first-order valence-corrected chi connectivity index (χ1v) is 5.63. The fraction of sp³-hybridized carbons (Fsp3) is 0.909. The van der Waals surface area contributed by atoms with Gasteiger partial charge in [0, 0.05) is 12.5 Å². The maximum atomic E-state index is 11.6. The van der Waals surface area contributed by atoms with Gasteiger partial charge in [0.25, 0.3) is 0 Å². The molecule has 1 aliphatic heterocycles. The zero-order valence-electron chi connectivity index (χ0n) is 9.47. The van der Waals surface area contributed by atoms with Crippen LogP contribution in [0, 0.1) is 11.8 Å². The van der Waals surface area contributed by atoms with Crippen molar-refractivity contribution < 1.29 is 4.79 Å². The fourth-order valence-electron chi connectivity index (χ4n) is 1.76. The first kappa shape index (κ1) is 11.5. The second-order valence-corrected chi connectivity index (χ2v) is 4.55. The van der Waals surface area contributed by atoms with Crippen LogP contribution in [-0.2, 0) is 4.79 Å². The van der Waals surface area contributed by atoms with Crippen LogP contribution in [0.25, 0.3) is 0 Å². The van der Waals surface area contributed by atoms with Crippen molar-refractivity contribution >= 4 is 5.91 Å². The Hall–Kier alpha value is -0.570. The van der Waals surface area contributed by atoms with E-state index in [0.29, 0.717) is 24.3 Å². The quantitative estimate of drug-likeness (QED) is 0.695. The van der Waals surface area contributed by atoms with Crippen LogP contribution in [0.1, 0.15) is 33.6 Å². The molecule has 0 saturated carbocycles. The van der Waals surface area contributed by atoms with E-state index < -0.39 is 0 Å². The molecule has 14 heavy (non-hydrogen) atoms. The number of carbonyl (C=O) groups is 1. The average molecular weight is 198 g/mol. The minimum absolute atomic E-state index is 0.219. The van der Waals surface area contributed by atoms with Gasteiger partial charge in [0.05, 0.1) is 0 Å². The standard InChI is InChI=1S/C11H22N2O/c1-4-10(8(2)3)13-11(14)5-9-6-12-7-9/h8-10,12H,4-7H2,1-3H3,(H,13,14). The molecule has 1 atom stereocenters. The second kappa shape index (κ2) is 5.35. The van der Waals surface area contributed by atoms with Crippen LogP contribution < -0.4 is 10.6 Å². The topological polar surface area (TPSA) is 41.1 Å². The molecule has 0 aliphatic carbocycles. The van der Waals surface area contributed by atoms with E-state index in [9.17, 15) is 4.79 Å². The summed E-state index contributed by atoms with van der Waals surface area (Å²) in [5.74, 6) is 1.32. The lowest BCUT2D eigenvalue weighted by atomic mass is 9.97. The smallest absolute Gasteiger partial charge is 0.220 e. The van der Waals surface area contributed by atoms with Crippen molar-refractivity contribution in [1.82, 2.24) is 10.6 Å². The molecule has 0 spiro atoms. The van der Waals surface area contributed by atoms with Crippen molar-refractivity contribution in [3.8, 4) is 0 Å². The molecule has 0 aromatic rings. The molecule has 1 unspecified atom stereocenters. The molecule has 0 radical (unpaired) electrons. The molecule has 3 heteroatoms. The molecule has 1 rings (SSSR count). The molecule has 1 fully saturated rings. The summed E-state index contributed by atoms with van der Waals surface area (Å²) >= 11 is 0. The van der Waals surface area contributed by atoms with Crippen molar-refractivity contribution in [2.75, 3.05) is 13.1 Å². The highest BCUT2D eigenvalue weighted by atomic mass is 16.1. The number of rotatable bonds is 5. The first-order chi connectivity index (χ1) is 6.63. The predicted octanol–water partition coefficient (Wildman–Crippen LogP) is 1.15. The van der Waals surface area contributed by atoms with Crippen molar-refractivity contribution in [2.45, 2.75) is 39.7 Å². The summed E-state index contributed by atoms with van der Waals surface area (Å²) in [7, 11) is 0. The largest absolute Gasteiger partial charge is 0.353 e. The Labute approximate surface area is 86.6 Å². The molecule has 0 bridgehead atoms. The Bertz CT molecular complexity index is 188. The summed E-state index contributed by atoms with van der Waals surface area (Å²) in [6.45, 7) is 8.44. The van der Waals surface area contributed by atoms with Crippen LogP contribution in [0.15, 0.2) is 0 Å². The average Bonchev–Trinajstić information content (AvgIpc) is 2.07. The van der Waals surface area contributed by atoms with Gasteiger partial charge in [0.2, 0.25) is 5.91 Å². The van der Waals surface area contributed by atoms with Gasteiger partial charge in [0.1, 0.15) is 0 Å². The van der Waals surface area contributed by atoms with E-state index in [1.807, 2.05) is 0 Å². The van der Waals surface area contributed by atoms with Crippen LogP contribution in [0.5, 0.6) is 0 Å². The maximum Gasteiger partial charge on any atom is 0.220 e. The Morgan fingerprint density at radius 2 is 2.14 bits per heavy atom. The molecule has 2 N–H and O–H groups in total. The minimum atomic E-state index is 0.219. The van der Waals surface area contributed by atoms with E-state index in [4.69, 9.17) is 0 Å². The molecule has 0 aromatic carbocycles. The summed E-state index contributed by atoms with van der Waals surface area (Å²) in [5, 5.41) is 6.28. The van der Waals surface area contributed by atoms with Gasteiger partial charge >= 0.3 is 0 Å². The lowest BCUT2D eigenvalue weighted by Crippen LogP contribution is -2.46. The highest BCUT2D eigenvalue weighted by Crippen LogP contribution is 2.10. The lowest BCUT2D eigenvalue weighted by molar-refractivity contribution is -0.123. The van der Waals surface area contributed by atoms with Gasteiger partial charge < -0.3 is 10.6 Å². The van der Waals surface area contributed by atoms with Gasteiger partial charge in [-0.25, -0.2) is 0 Å². The molecular formula is C11H22N2O. The van der Waals surface area contributed by atoms with E-state index in [2.05, 4.69) is 31.4 Å². The maximum absolute atomic E-state index is 11.6. The van der Waals surface area contributed by atoms with E-state index in [1.165, 1.54) is 0 Å². The summed E-state index contributed by atoms with van der Waals surface area (Å²) in [6.07, 6.45) is 1.71. The monoisotopic (exact) mass is 198 g/mol. The van der Waals surface area contributed by atoms with Crippen molar-refractivity contribution in [2.24, 2.45) is 11.8 Å². The number of hydrogen-bond donors (Lipinski definition) is 2. The summed E-state index contributed by atoms with van der Waals surface area (Å²) in [4.78, 5) is 11.6. The van der Waals surface area contributed by atoms with E-state index >= 15 is 0 Å². The molecule has 1 saturated heterocycles. The minimum Gasteiger partial charge on any atom is -0.353 e. The van der Waals surface area contributed by atoms with Gasteiger partial charge in [-0.2, -0.15) is 0 Å². The van der Waals surface area contributed by atoms with Crippen LogP contribution >= 0.6 is 0 Å². The van der Waals surface area contributed by atoms with E-state index in [-0.39, 0.29) is 5.91 Å². The first-order valence-electron chi connectivity index (χ1n) is 5.63. The van der Waals surface area contributed by atoms with Gasteiger partial charge in [-0.3, -0.25) is 4.79 Å². The Morgan fingerprint density at radius 1 is 1.50 bits per heavy atom. The van der Waals surface area contributed by atoms with Gasteiger partial charge in [-0.1, -0.05) is 20.8 Å². The lowest BCUT2D eigenvalue weighted by Gasteiger charge is -2.28. The second-order valence-electron chi connectivity index (χ2n) is 4.55. The molecule has 1 aliphatic rings. The molecule has 1 heterocycles. The highest BCUT2D eigenvalue weighted by molar-refractivity contribution is 5.76. The Balaban J connectivity index is 2.23. The van der Waals surface area contributed by atoms with Crippen LogP contribution in [0.3, 0.4) is 0 Å². The Kier molecular flexibility index (Phi) is 4.39. The normalized spacial score (nSPS) is 19.1. The van der Waals surface area contributed by atoms with E-state index in [1.54, 1.807) is 0 Å².